The van der Waals surface area contributed by atoms with Crippen LogP contribution < -0.4 is 0 Å². The molecule has 150 valence electrons. The summed E-state index contributed by atoms with van der Waals surface area (Å²) in [6, 6.07) is 0. The predicted octanol–water partition coefficient (Wildman–Crippen LogP) is 6.48. The molecule has 0 rings (SSSR count). The van der Waals surface area contributed by atoms with Crippen molar-refractivity contribution < 1.29 is 18.9 Å². The van der Waals surface area contributed by atoms with Crippen molar-refractivity contribution in [3.8, 4) is 0 Å². The van der Waals surface area contributed by atoms with Gasteiger partial charge in [-0.05, 0) is 37.5 Å². The molecule has 0 radical (unpaired) electrons. The molecule has 2 N–H and O–H groups in total. The molecule has 4 nitrogen and oxygen atoms in total. The second-order valence-corrected chi connectivity index (χ2v) is 9.43. The fourth-order valence-corrected chi connectivity index (χ4v) is 3.35. The van der Waals surface area contributed by atoms with Crippen molar-refractivity contribution in [2.24, 2.45) is 17.8 Å². The Morgan fingerprint density at radius 1 is 0.920 bits per heavy atom. The van der Waals surface area contributed by atoms with Gasteiger partial charge in [0.1, 0.15) is 0 Å². The van der Waals surface area contributed by atoms with Crippen LogP contribution in [-0.4, -0.2) is 16.4 Å². The van der Waals surface area contributed by atoms with Crippen molar-refractivity contribution in [2.75, 3.05) is 6.61 Å². The van der Waals surface area contributed by atoms with Gasteiger partial charge in [-0.15, -0.1) is 0 Å². The van der Waals surface area contributed by atoms with Crippen LogP contribution in [0.25, 0.3) is 0 Å². The quantitative estimate of drug-likeness (QED) is 0.253. The summed E-state index contributed by atoms with van der Waals surface area (Å²) in [4.78, 5) is 17.3. The van der Waals surface area contributed by atoms with Gasteiger partial charge in [-0.2, -0.15) is 0 Å². The largest absolute Gasteiger partial charge is 0.469 e. The van der Waals surface area contributed by atoms with Crippen LogP contribution in [0.1, 0.15) is 92.4 Å². The topological polar surface area (TPSA) is 66.8 Å². The van der Waals surface area contributed by atoms with E-state index in [2.05, 4.69) is 32.2 Å². The molecule has 0 aromatic heterocycles. The first kappa shape index (κ1) is 24.8. The Bertz CT molecular complexity index is 401. The molecule has 0 aromatic rings. The van der Waals surface area contributed by atoms with E-state index in [1.165, 1.54) is 44.9 Å². The van der Waals surface area contributed by atoms with E-state index in [0.29, 0.717) is 0 Å². The summed E-state index contributed by atoms with van der Waals surface area (Å²) in [5.74, 6) is 2.43. The Kier molecular flexibility index (Phi) is 13.9. The van der Waals surface area contributed by atoms with Crippen LogP contribution in [0, 0.1) is 17.8 Å². The lowest BCUT2D eigenvalue weighted by Gasteiger charge is -2.15. The molecule has 0 aliphatic carbocycles. The van der Waals surface area contributed by atoms with Crippen LogP contribution in [0.3, 0.4) is 0 Å². The third-order valence-corrected chi connectivity index (χ3v) is 5.30. The predicted molar refractivity (Wildman–Crippen MR) is 106 cm³/mol. The molecule has 2 atom stereocenters. The molecule has 0 fully saturated rings. The zero-order valence-corrected chi connectivity index (χ0v) is 17.9. The van der Waals surface area contributed by atoms with Gasteiger partial charge in [-0.25, -0.2) is 4.57 Å². The molecular weight excluding hydrogens is 335 g/mol. The smallest absolute Gasteiger partial charge is 0.303 e. The Balaban J connectivity index is 3.68. The maximum Gasteiger partial charge on any atom is 0.469 e. The Labute approximate surface area is 155 Å². The molecule has 0 bridgehead atoms. The highest BCUT2D eigenvalue weighted by molar-refractivity contribution is 7.46. The zero-order valence-electron chi connectivity index (χ0n) is 17.0. The van der Waals surface area contributed by atoms with Crippen LogP contribution in [0.4, 0.5) is 0 Å². The lowest BCUT2D eigenvalue weighted by molar-refractivity contribution is 0.215. The van der Waals surface area contributed by atoms with E-state index in [9.17, 15) is 4.57 Å². The van der Waals surface area contributed by atoms with E-state index < -0.39 is 7.82 Å². The normalized spacial score (nSPS) is 15.6. The molecule has 0 aliphatic heterocycles. The van der Waals surface area contributed by atoms with Crippen molar-refractivity contribution in [2.45, 2.75) is 92.4 Å². The van der Waals surface area contributed by atoms with Gasteiger partial charge in [-0.3, -0.25) is 4.52 Å². The number of allylic oxidation sites excluding steroid dienone is 1. The third kappa shape index (κ3) is 18.4. The molecular formula is C20H41O4P. The molecule has 2 unspecified atom stereocenters. The minimum atomic E-state index is -4.34. The maximum atomic E-state index is 10.6. The summed E-state index contributed by atoms with van der Waals surface area (Å²) in [6.45, 7) is 11.3. The van der Waals surface area contributed by atoms with Crippen molar-refractivity contribution in [1.29, 1.82) is 0 Å². The van der Waals surface area contributed by atoms with E-state index in [4.69, 9.17) is 9.79 Å². The van der Waals surface area contributed by atoms with Gasteiger partial charge in [0.2, 0.25) is 0 Å². The summed E-state index contributed by atoms with van der Waals surface area (Å²) in [5, 5.41) is 0. The summed E-state index contributed by atoms with van der Waals surface area (Å²) >= 11 is 0. The highest BCUT2D eigenvalue weighted by Gasteiger charge is 2.11. The number of hydrogen-bond donors (Lipinski definition) is 2. The summed E-state index contributed by atoms with van der Waals surface area (Å²) in [5.41, 5.74) is 1.14. The average Bonchev–Trinajstić information content (AvgIpc) is 2.45. The van der Waals surface area contributed by atoms with Crippen molar-refractivity contribution in [3.05, 3.63) is 11.6 Å². The Morgan fingerprint density at radius 2 is 1.40 bits per heavy atom. The molecule has 0 heterocycles. The molecule has 25 heavy (non-hydrogen) atoms. The van der Waals surface area contributed by atoms with Crippen LogP contribution in [0.5, 0.6) is 0 Å². The van der Waals surface area contributed by atoms with Crippen molar-refractivity contribution in [1.82, 2.24) is 0 Å². The SMILES string of the molecule is CC(=CCOP(=O)(O)O)CCCC(C)CCCC(C)CCCC(C)C. The number of phosphoric ester groups is 1. The van der Waals surface area contributed by atoms with Gasteiger partial charge in [0.25, 0.3) is 0 Å². The van der Waals surface area contributed by atoms with Gasteiger partial charge < -0.3 is 9.79 Å². The third-order valence-electron chi connectivity index (χ3n) is 4.81. The van der Waals surface area contributed by atoms with Gasteiger partial charge in [0, 0.05) is 0 Å². The average molecular weight is 377 g/mol. The first-order valence-corrected chi connectivity index (χ1v) is 11.5. The van der Waals surface area contributed by atoms with E-state index in [1.807, 2.05) is 6.92 Å². The molecule has 5 heteroatoms. The zero-order chi connectivity index (χ0) is 19.3. The van der Waals surface area contributed by atoms with Gasteiger partial charge in [0.05, 0.1) is 6.61 Å². The monoisotopic (exact) mass is 376 g/mol. The molecule has 0 saturated heterocycles. The summed E-state index contributed by atoms with van der Waals surface area (Å²) < 4.78 is 15.0. The minimum absolute atomic E-state index is 0.0135. The fourth-order valence-electron chi connectivity index (χ4n) is 3.09. The Hall–Kier alpha value is -0.150. The molecule has 0 aliphatic rings. The standard InChI is InChI=1S/C20H41O4P/c1-17(2)9-6-10-18(3)11-7-12-19(4)13-8-14-20(5)15-16-24-25(21,22)23/h15,17-19H,6-14,16H2,1-5H3,(H2,21,22,23). The molecule has 0 aromatic carbocycles. The number of phosphoric acid groups is 1. The van der Waals surface area contributed by atoms with Gasteiger partial charge >= 0.3 is 7.82 Å². The van der Waals surface area contributed by atoms with E-state index in [0.717, 1.165) is 36.2 Å². The first-order chi connectivity index (χ1) is 11.6. The van der Waals surface area contributed by atoms with Crippen LogP contribution >= 0.6 is 7.82 Å². The molecule has 0 saturated carbocycles. The first-order valence-electron chi connectivity index (χ1n) is 9.95. The second kappa shape index (κ2) is 14.0. The van der Waals surface area contributed by atoms with E-state index in [1.54, 1.807) is 6.08 Å². The second-order valence-electron chi connectivity index (χ2n) is 8.20. The minimum Gasteiger partial charge on any atom is -0.303 e. The lowest BCUT2D eigenvalue weighted by atomic mass is 9.91. The lowest BCUT2D eigenvalue weighted by Crippen LogP contribution is -2.00. The van der Waals surface area contributed by atoms with Crippen LogP contribution in [0.15, 0.2) is 11.6 Å². The number of rotatable bonds is 15. The maximum absolute atomic E-state index is 10.6. The summed E-state index contributed by atoms with van der Waals surface area (Å²) in [6.07, 6.45) is 13.2. The summed E-state index contributed by atoms with van der Waals surface area (Å²) in [7, 11) is -4.34. The van der Waals surface area contributed by atoms with Crippen molar-refractivity contribution in [3.63, 3.8) is 0 Å². The number of hydrogen-bond acceptors (Lipinski definition) is 2. The highest BCUT2D eigenvalue weighted by atomic mass is 31.2. The van der Waals surface area contributed by atoms with Gasteiger partial charge in [-0.1, -0.05) is 84.3 Å². The van der Waals surface area contributed by atoms with Crippen molar-refractivity contribution >= 4 is 7.82 Å². The van der Waals surface area contributed by atoms with Crippen LogP contribution in [-0.2, 0) is 9.09 Å². The van der Waals surface area contributed by atoms with E-state index in [-0.39, 0.29) is 6.61 Å². The Morgan fingerprint density at radius 3 is 1.88 bits per heavy atom. The van der Waals surface area contributed by atoms with Crippen LogP contribution in [0.2, 0.25) is 0 Å². The van der Waals surface area contributed by atoms with Gasteiger partial charge in [0.15, 0.2) is 0 Å². The van der Waals surface area contributed by atoms with E-state index >= 15 is 0 Å². The molecule has 0 spiro atoms. The highest BCUT2D eigenvalue weighted by Crippen LogP contribution is 2.35. The molecule has 0 amide bonds. The fraction of sp³-hybridized carbons (Fsp3) is 0.900.